The quantitative estimate of drug-likeness (QED) is 0.747. The van der Waals surface area contributed by atoms with Gasteiger partial charge in [-0.2, -0.15) is 0 Å². The topological polar surface area (TPSA) is 81.1 Å². The first-order valence-electron chi connectivity index (χ1n) is 7.39. The summed E-state index contributed by atoms with van der Waals surface area (Å²) in [6.07, 6.45) is 1.36. The molecule has 1 aromatic heterocycles. The van der Waals surface area contributed by atoms with E-state index in [2.05, 4.69) is 10.3 Å². The van der Waals surface area contributed by atoms with Gasteiger partial charge in [0.2, 0.25) is 5.91 Å². The van der Waals surface area contributed by atoms with Crippen molar-refractivity contribution in [2.45, 2.75) is 13.5 Å². The number of anilines is 1. The molecule has 0 aliphatic rings. The zero-order valence-electron chi connectivity index (χ0n) is 13.0. The first-order chi connectivity index (χ1) is 11.5. The van der Waals surface area contributed by atoms with Crippen LogP contribution in [0.25, 0.3) is 10.9 Å². The number of ketones is 1. The molecule has 0 radical (unpaired) electrons. The van der Waals surface area contributed by atoms with Gasteiger partial charge in [0.05, 0.1) is 17.2 Å². The Balaban J connectivity index is 1.76. The number of fused-ring (bicyclic) bond motifs is 1. The van der Waals surface area contributed by atoms with E-state index in [0.717, 1.165) is 0 Å². The van der Waals surface area contributed by atoms with E-state index < -0.39 is 0 Å². The summed E-state index contributed by atoms with van der Waals surface area (Å²) < 4.78 is 1.27. The van der Waals surface area contributed by atoms with Crippen LogP contribution in [0.1, 0.15) is 17.3 Å². The third-order valence-corrected chi connectivity index (χ3v) is 3.62. The predicted octanol–water partition coefficient (Wildman–Crippen LogP) is 2.24. The Kier molecular flexibility index (Phi) is 4.20. The maximum absolute atomic E-state index is 12.3. The highest BCUT2D eigenvalue weighted by molar-refractivity contribution is 5.95. The van der Waals surface area contributed by atoms with E-state index >= 15 is 0 Å². The molecule has 0 aliphatic carbocycles. The minimum absolute atomic E-state index is 0.0401. The van der Waals surface area contributed by atoms with E-state index in [1.54, 1.807) is 48.5 Å². The van der Waals surface area contributed by atoms with E-state index in [4.69, 9.17) is 0 Å². The van der Waals surface area contributed by atoms with Crippen molar-refractivity contribution in [1.82, 2.24) is 9.55 Å². The van der Waals surface area contributed by atoms with Gasteiger partial charge in [0, 0.05) is 11.3 Å². The fourth-order valence-corrected chi connectivity index (χ4v) is 2.36. The molecule has 6 heteroatoms. The molecular weight excluding hydrogens is 306 g/mol. The standard InChI is InChI=1S/C18H15N3O3/c1-12(22)13-6-8-14(9-7-13)20-17(23)10-21-11-19-16-5-3-2-4-15(16)18(21)24/h2-9,11H,10H2,1H3,(H,20,23). The first-order valence-corrected chi connectivity index (χ1v) is 7.39. The monoisotopic (exact) mass is 321 g/mol. The Morgan fingerprint density at radius 3 is 2.50 bits per heavy atom. The molecule has 0 bridgehead atoms. The summed E-state index contributed by atoms with van der Waals surface area (Å²) in [6.45, 7) is 1.35. The van der Waals surface area contributed by atoms with Crippen molar-refractivity contribution in [2.24, 2.45) is 0 Å². The highest BCUT2D eigenvalue weighted by atomic mass is 16.2. The zero-order valence-corrected chi connectivity index (χ0v) is 13.0. The number of nitrogens with zero attached hydrogens (tertiary/aromatic N) is 2. The van der Waals surface area contributed by atoms with Gasteiger partial charge in [-0.1, -0.05) is 12.1 Å². The fraction of sp³-hybridized carbons (Fsp3) is 0.111. The largest absolute Gasteiger partial charge is 0.325 e. The number of nitrogens with one attached hydrogen (secondary N) is 1. The number of aromatic nitrogens is 2. The second-order valence-corrected chi connectivity index (χ2v) is 5.38. The van der Waals surface area contributed by atoms with Gasteiger partial charge >= 0.3 is 0 Å². The van der Waals surface area contributed by atoms with Crippen LogP contribution in [0, 0.1) is 0 Å². The van der Waals surface area contributed by atoms with Crippen LogP contribution in [0.3, 0.4) is 0 Å². The molecule has 24 heavy (non-hydrogen) atoms. The minimum atomic E-state index is -0.343. The Morgan fingerprint density at radius 1 is 1.08 bits per heavy atom. The molecule has 0 unspecified atom stereocenters. The number of rotatable bonds is 4. The van der Waals surface area contributed by atoms with Crippen molar-refractivity contribution < 1.29 is 9.59 Å². The van der Waals surface area contributed by atoms with Gasteiger partial charge in [-0.15, -0.1) is 0 Å². The number of amides is 1. The molecule has 3 rings (SSSR count). The van der Waals surface area contributed by atoms with Crippen molar-refractivity contribution in [2.75, 3.05) is 5.32 Å². The van der Waals surface area contributed by atoms with Gasteiger partial charge in [0.15, 0.2) is 5.78 Å². The number of carbonyl (C=O) groups excluding carboxylic acids is 2. The van der Waals surface area contributed by atoms with Crippen molar-refractivity contribution >= 4 is 28.3 Å². The van der Waals surface area contributed by atoms with Crippen molar-refractivity contribution in [1.29, 1.82) is 0 Å². The maximum atomic E-state index is 12.3. The summed E-state index contributed by atoms with van der Waals surface area (Å²) >= 11 is 0. The molecule has 6 nitrogen and oxygen atoms in total. The molecule has 0 atom stereocenters. The van der Waals surface area contributed by atoms with Gasteiger partial charge in [0.1, 0.15) is 6.54 Å². The highest BCUT2D eigenvalue weighted by Crippen LogP contribution is 2.10. The van der Waals surface area contributed by atoms with Crippen molar-refractivity contribution in [3.8, 4) is 0 Å². The fourth-order valence-electron chi connectivity index (χ4n) is 2.36. The average molecular weight is 321 g/mol. The highest BCUT2D eigenvalue weighted by Gasteiger charge is 2.08. The number of hydrogen-bond acceptors (Lipinski definition) is 4. The number of Topliss-reactive ketones (excluding diaryl/α,β-unsaturated/α-hetero) is 1. The summed E-state index contributed by atoms with van der Waals surface area (Å²) in [5, 5.41) is 3.17. The molecule has 0 spiro atoms. The average Bonchev–Trinajstić information content (AvgIpc) is 2.58. The van der Waals surface area contributed by atoms with Crippen LogP contribution in [-0.4, -0.2) is 21.2 Å². The van der Waals surface area contributed by atoms with E-state index in [9.17, 15) is 14.4 Å². The van der Waals surface area contributed by atoms with Crippen LogP contribution in [0.4, 0.5) is 5.69 Å². The molecule has 0 saturated heterocycles. The summed E-state index contributed by atoms with van der Waals surface area (Å²) in [7, 11) is 0. The SMILES string of the molecule is CC(=O)c1ccc(NC(=O)Cn2cnc3ccccc3c2=O)cc1. The summed E-state index contributed by atoms with van der Waals surface area (Å²) in [5.74, 6) is -0.383. The Morgan fingerprint density at radius 2 is 1.79 bits per heavy atom. The lowest BCUT2D eigenvalue weighted by Gasteiger charge is -2.08. The Labute approximate surface area is 137 Å². The molecule has 2 aromatic carbocycles. The zero-order chi connectivity index (χ0) is 17.1. The number of hydrogen-bond donors (Lipinski definition) is 1. The van der Waals surface area contributed by atoms with Crippen LogP contribution >= 0.6 is 0 Å². The maximum Gasteiger partial charge on any atom is 0.261 e. The third kappa shape index (κ3) is 3.22. The van der Waals surface area contributed by atoms with Gasteiger partial charge in [-0.05, 0) is 43.3 Å². The van der Waals surface area contributed by atoms with Gasteiger partial charge in [0.25, 0.3) is 5.56 Å². The molecule has 3 aromatic rings. The van der Waals surface area contributed by atoms with Crippen molar-refractivity contribution in [3.05, 3.63) is 70.8 Å². The predicted molar refractivity (Wildman–Crippen MR) is 91.1 cm³/mol. The number of benzene rings is 2. The number of para-hydroxylation sites is 1. The second-order valence-electron chi connectivity index (χ2n) is 5.38. The molecule has 0 fully saturated rings. The van der Waals surface area contributed by atoms with E-state index in [0.29, 0.717) is 22.2 Å². The molecule has 1 heterocycles. The molecule has 1 N–H and O–H groups in total. The number of carbonyl (C=O) groups is 2. The van der Waals surface area contributed by atoms with E-state index in [-0.39, 0.29) is 23.8 Å². The third-order valence-electron chi connectivity index (χ3n) is 3.62. The van der Waals surface area contributed by atoms with Crippen LogP contribution in [0.5, 0.6) is 0 Å². The first kappa shape index (κ1) is 15.6. The van der Waals surface area contributed by atoms with Crippen LogP contribution in [0.15, 0.2) is 59.7 Å². The summed E-state index contributed by atoms with van der Waals surface area (Å²) in [4.78, 5) is 39.9. The molecule has 1 amide bonds. The summed E-state index contributed by atoms with van der Waals surface area (Å²) in [6, 6.07) is 13.6. The smallest absolute Gasteiger partial charge is 0.261 e. The van der Waals surface area contributed by atoms with Crippen LogP contribution in [0.2, 0.25) is 0 Å². The van der Waals surface area contributed by atoms with Crippen LogP contribution in [-0.2, 0) is 11.3 Å². The van der Waals surface area contributed by atoms with Gasteiger partial charge < -0.3 is 5.32 Å². The van der Waals surface area contributed by atoms with Crippen LogP contribution < -0.4 is 10.9 Å². The Bertz CT molecular complexity index is 975. The second kappa shape index (κ2) is 6.45. The normalized spacial score (nSPS) is 10.5. The van der Waals surface area contributed by atoms with Gasteiger partial charge in [-0.3, -0.25) is 19.0 Å². The molecular formula is C18H15N3O3. The minimum Gasteiger partial charge on any atom is -0.325 e. The lowest BCUT2D eigenvalue weighted by molar-refractivity contribution is -0.116. The summed E-state index contributed by atoms with van der Waals surface area (Å²) in [5.41, 5.74) is 1.47. The van der Waals surface area contributed by atoms with Crippen molar-refractivity contribution in [3.63, 3.8) is 0 Å². The van der Waals surface area contributed by atoms with Gasteiger partial charge in [-0.25, -0.2) is 4.98 Å². The molecule has 120 valence electrons. The van der Waals surface area contributed by atoms with E-state index in [1.165, 1.54) is 17.8 Å². The molecule has 0 aliphatic heterocycles. The molecule has 0 saturated carbocycles. The van der Waals surface area contributed by atoms with E-state index in [1.807, 2.05) is 0 Å². The Hall–Kier alpha value is -3.28. The lowest BCUT2D eigenvalue weighted by Crippen LogP contribution is -2.27. The lowest BCUT2D eigenvalue weighted by atomic mass is 10.1.